The summed E-state index contributed by atoms with van der Waals surface area (Å²) in [6.07, 6.45) is 6.32. The Labute approximate surface area is 186 Å². The van der Waals surface area contributed by atoms with Crippen LogP contribution in [0.2, 0.25) is 0 Å². The molecule has 0 radical (unpaired) electrons. The molecule has 31 heavy (non-hydrogen) atoms. The molecule has 0 aliphatic carbocycles. The third-order valence-corrected chi connectivity index (χ3v) is 5.28. The highest BCUT2D eigenvalue weighted by Crippen LogP contribution is 2.11. The van der Waals surface area contributed by atoms with Crippen LogP contribution in [0.4, 0.5) is 0 Å². The number of aliphatic hydroxyl groups is 5. The first-order valence-corrected chi connectivity index (χ1v) is 11.7. The van der Waals surface area contributed by atoms with E-state index in [1.165, 1.54) is 51.4 Å². The van der Waals surface area contributed by atoms with Gasteiger partial charge in [0.1, 0.15) is 18.3 Å². The van der Waals surface area contributed by atoms with Gasteiger partial charge < -0.3 is 36.2 Å². The molecule has 0 aromatic carbocycles. The third kappa shape index (κ3) is 15.2. The fraction of sp³-hybridized carbons (Fsp3) is 0.909. The summed E-state index contributed by atoms with van der Waals surface area (Å²) >= 11 is 0. The molecule has 0 spiro atoms. The average Bonchev–Trinajstić information content (AvgIpc) is 2.77. The molecule has 0 aromatic rings. The maximum atomic E-state index is 11.8. The molecular weight excluding hydrogens is 404 g/mol. The Kier molecular flexibility index (Phi) is 18.6. The lowest BCUT2D eigenvalue weighted by Gasteiger charge is -2.24. The van der Waals surface area contributed by atoms with Crippen molar-refractivity contribution < 1.29 is 35.1 Å². The van der Waals surface area contributed by atoms with Crippen LogP contribution in [0.15, 0.2) is 0 Å². The van der Waals surface area contributed by atoms with Gasteiger partial charge in [0.2, 0.25) is 5.91 Å². The van der Waals surface area contributed by atoms with Gasteiger partial charge in [0.15, 0.2) is 6.10 Å². The number of hydrogen-bond acceptors (Lipinski definition) is 7. The van der Waals surface area contributed by atoms with Gasteiger partial charge in [-0.2, -0.15) is 0 Å². The van der Waals surface area contributed by atoms with Gasteiger partial charge in [0, 0.05) is 19.5 Å². The molecule has 9 nitrogen and oxygen atoms in total. The van der Waals surface area contributed by atoms with E-state index >= 15 is 0 Å². The number of hydrogen-bond donors (Lipinski definition) is 7. The van der Waals surface area contributed by atoms with Gasteiger partial charge in [0.25, 0.3) is 5.91 Å². The van der Waals surface area contributed by atoms with Crippen molar-refractivity contribution in [1.29, 1.82) is 0 Å². The van der Waals surface area contributed by atoms with Gasteiger partial charge in [0.05, 0.1) is 6.61 Å². The number of amides is 2. The lowest BCUT2D eigenvalue weighted by atomic mass is 10.0. The van der Waals surface area contributed by atoms with Crippen LogP contribution < -0.4 is 10.6 Å². The minimum Gasteiger partial charge on any atom is -0.394 e. The number of rotatable bonds is 20. The zero-order valence-electron chi connectivity index (χ0n) is 19.0. The lowest BCUT2D eigenvalue weighted by molar-refractivity contribution is -0.148. The zero-order chi connectivity index (χ0) is 23.5. The van der Waals surface area contributed by atoms with Crippen LogP contribution in [-0.4, -0.2) is 81.5 Å². The summed E-state index contributed by atoms with van der Waals surface area (Å²) in [5, 5.41) is 51.7. The maximum Gasteiger partial charge on any atom is 0.251 e. The zero-order valence-corrected chi connectivity index (χ0v) is 19.0. The smallest absolute Gasteiger partial charge is 0.251 e. The van der Waals surface area contributed by atoms with Gasteiger partial charge in [-0.05, 0) is 6.42 Å². The first-order chi connectivity index (χ1) is 14.8. The fourth-order valence-corrected chi connectivity index (χ4v) is 3.21. The average molecular weight is 449 g/mol. The standard InChI is InChI=1S/C22H44N2O7/c1-2-3-4-5-6-7-8-9-10-11-12-13-18(27)23-14-15-24-22(31)21(30)20(29)19(28)17(26)16-25/h17,19-21,25-26,28-30H,2-16H2,1H3,(H,23,27)(H,24,31)/t17-,19-,20+,21-/m1/s1. The summed E-state index contributed by atoms with van der Waals surface area (Å²) in [5.41, 5.74) is 0. The molecule has 0 saturated heterocycles. The monoisotopic (exact) mass is 448 g/mol. The van der Waals surface area contributed by atoms with Gasteiger partial charge in [-0.3, -0.25) is 9.59 Å². The minimum atomic E-state index is -1.97. The number of carbonyl (C=O) groups excluding carboxylic acids is 2. The molecule has 0 bridgehead atoms. The fourth-order valence-electron chi connectivity index (χ4n) is 3.21. The molecule has 0 aromatic heterocycles. The first-order valence-electron chi connectivity index (χ1n) is 11.7. The van der Waals surface area contributed by atoms with Crippen molar-refractivity contribution in [2.75, 3.05) is 19.7 Å². The third-order valence-electron chi connectivity index (χ3n) is 5.28. The molecule has 7 N–H and O–H groups in total. The first kappa shape index (κ1) is 29.7. The van der Waals surface area contributed by atoms with Crippen molar-refractivity contribution in [1.82, 2.24) is 10.6 Å². The summed E-state index contributed by atoms with van der Waals surface area (Å²) in [6, 6.07) is 0. The summed E-state index contributed by atoms with van der Waals surface area (Å²) < 4.78 is 0. The van der Waals surface area contributed by atoms with E-state index in [1.54, 1.807) is 0 Å². The quantitative estimate of drug-likeness (QED) is 0.132. The van der Waals surface area contributed by atoms with Crippen molar-refractivity contribution in [3.63, 3.8) is 0 Å². The molecule has 2 amide bonds. The SMILES string of the molecule is CCCCCCCCCCCCCC(=O)NCCNC(=O)[C@H](O)[C@@H](O)[C@H](O)[C@H](O)CO. The van der Waals surface area contributed by atoms with E-state index in [-0.39, 0.29) is 19.0 Å². The molecule has 0 rings (SSSR count). The summed E-state index contributed by atoms with van der Waals surface area (Å²) in [4.78, 5) is 23.5. The second-order valence-corrected chi connectivity index (χ2v) is 8.10. The summed E-state index contributed by atoms with van der Waals surface area (Å²) in [5.74, 6) is -1.05. The Morgan fingerprint density at radius 2 is 1.19 bits per heavy atom. The van der Waals surface area contributed by atoms with Crippen LogP contribution >= 0.6 is 0 Å². The van der Waals surface area contributed by atoms with Gasteiger partial charge in [-0.25, -0.2) is 0 Å². The van der Waals surface area contributed by atoms with Gasteiger partial charge >= 0.3 is 0 Å². The van der Waals surface area contributed by atoms with Crippen molar-refractivity contribution >= 4 is 11.8 Å². The summed E-state index contributed by atoms with van der Waals surface area (Å²) in [7, 11) is 0. The van der Waals surface area contributed by atoms with Crippen LogP contribution in [0.25, 0.3) is 0 Å². The second-order valence-electron chi connectivity index (χ2n) is 8.10. The highest BCUT2D eigenvalue weighted by molar-refractivity contribution is 5.81. The lowest BCUT2D eigenvalue weighted by Crippen LogP contribution is -2.52. The van der Waals surface area contributed by atoms with E-state index in [4.69, 9.17) is 5.11 Å². The largest absolute Gasteiger partial charge is 0.394 e. The van der Waals surface area contributed by atoms with E-state index in [0.717, 1.165) is 19.3 Å². The number of carbonyl (C=O) groups is 2. The normalized spacial score (nSPS) is 15.2. The van der Waals surface area contributed by atoms with E-state index in [0.29, 0.717) is 6.42 Å². The number of unbranched alkanes of at least 4 members (excludes halogenated alkanes) is 10. The molecule has 9 heteroatoms. The molecule has 0 aliphatic rings. The van der Waals surface area contributed by atoms with Crippen LogP contribution in [-0.2, 0) is 9.59 Å². The van der Waals surface area contributed by atoms with Crippen LogP contribution in [0.5, 0.6) is 0 Å². The molecular formula is C22H44N2O7. The Hall–Kier alpha value is -1.26. The highest BCUT2D eigenvalue weighted by atomic mass is 16.4. The van der Waals surface area contributed by atoms with E-state index in [1.807, 2.05) is 0 Å². The highest BCUT2D eigenvalue weighted by Gasteiger charge is 2.33. The second kappa shape index (κ2) is 19.4. The Morgan fingerprint density at radius 1 is 0.710 bits per heavy atom. The Morgan fingerprint density at radius 3 is 1.71 bits per heavy atom. The molecule has 0 aliphatic heterocycles. The van der Waals surface area contributed by atoms with Crippen molar-refractivity contribution in [3.8, 4) is 0 Å². The van der Waals surface area contributed by atoms with Crippen molar-refractivity contribution in [3.05, 3.63) is 0 Å². The van der Waals surface area contributed by atoms with Crippen molar-refractivity contribution in [2.45, 2.75) is 108 Å². The molecule has 0 unspecified atom stereocenters. The van der Waals surface area contributed by atoms with Crippen LogP contribution in [0.1, 0.15) is 84.0 Å². The van der Waals surface area contributed by atoms with E-state index < -0.39 is 36.9 Å². The molecule has 184 valence electrons. The molecule has 0 heterocycles. The topological polar surface area (TPSA) is 159 Å². The van der Waals surface area contributed by atoms with Gasteiger partial charge in [-0.15, -0.1) is 0 Å². The van der Waals surface area contributed by atoms with Crippen molar-refractivity contribution in [2.24, 2.45) is 0 Å². The number of aliphatic hydroxyl groups excluding tert-OH is 5. The summed E-state index contributed by atoms with van der Waals surface area (Å²) in [6.45, 7) is 1.62. The number of nitrogens with one attached hydrogen (secondary N) is 2. The predicted molar refractivity (Wildman–Crippen MR) is 118 cm³/mol. The van der Waals surface area contributed by atoms with Crippen LogP contribution in [0.3, 0.4) is 0 Å². The Balaban J connectivity index is 3.66. The maximum absolute atomic E-state index is 11.8. The predicted octanol–water partition coefficient (Wildman–Crippen LogP) is 0.356. The molecule has 0 fully saturated rings. The minimum absolute atomic E-state index is 0.0469. The molecule has 4 atom stereocenters. The van der Waals surface area contributed by atoms with Gasteiger partial charge in [-0.1, -0.05) is 71.1 Å². The van der Waals surface area contributed by atoms with E-state index in [9.17, 15) is 30.0 Å². The molecule has 0 saturated carbocycles. The van der Waals surface area contributed by atoms with E-state index in [2.05, 4.69) is 17.6 Å². The Bertz CT molecular complexity index is 465. The van der Waals surface area contributed by atoms with Crippen LogP contribution in [0, 0.1) is 0 Å².